The standard InChI is InChI=1S/C22H26N4O2S/c1-25(16-20-23-21(24-28-20)19-7-6-14-29-19)22(27)18-10-8-17(9-11-18)15-26-12-4-2-3-5-13-26/h6-11,14H,2-5,12-13,15-16H2,1H3. The van der Waals surface area contributed by atoms with Crippen molar-refractivity contribution < 1.29 is 9.32 Å². The molecule has 1 fully saturated rings. The highest BCUT2D eigenvalue weighted by Gasteiger charge is 2.17. The summed E-state index contributed by atoms with van der Waals surface area (Å²) in [7, 11) is 1.75. The summed E-state index contributed by atoms with van der Waals surface area (Å²) >= 11 is 1.56. The van der Waals surface area contributed by atoms with Gasteiger partial charge in [-0.3, -0.25) is 9.69 Å². The number of nitrogens with zero attached hydrogens (tertiary/aromatic N) is 4. The van der Waals surface area contributed by atoms with Crippen LogP contribution in [0.5, 0.6) is 0 Å². The van der Waals surface area contributed by atoms with E-state index in [1.165, 1.54) is 44.3 Å². The average molecular weight is 411 g/mol. The molecule has 0 radical (unpaired) electrons. The molecule has 1 aliphatic rings. The van der Waals surface area contributed by atoms with Crippen LogP contribution in [0, 0.1) is 0 Å². The summed E-state index contributed by atoms with van der Waals surface area (Å²) < 4.78 is 5.31. The van der Waals surface area contributed by atoms with E-state index in [1.54, 1.807) is 23.3 Å². The maximum absolute atomic E-state index is 12.8. The van der Waals surface area contributed by atoms with Gasteiger partial charge < -0.3 is 9.42 Å². The van der Waals surface area contributed by atoms with Crippen LogP contribution in [0.15, 0.2) is 46.3 Å². The lowest BCUT2D eigenvalue weighted by molar-refractivity contribution is 0.0769. The Morgan fingerprint density at radius 1 is 1.14 bits per heavy atom. The molecule has 0 atom stereocenters. The lowest BCUT2D eigenvalue weighted by Crippen LogP contribution is -2.26. The van der Waals surface area contributed by atoms with Crippen molar-refractivity contribution in [1.29, 1.82) is 0 Å². The number of aromatic nitrogens is 2. The van der Waals surface area contributed by atoms with Crippen LogP contribution in [0.2, 0.25) is 0 Å². The van der Waals surface area contributed by atoms with E-state index in [0.717, 1.165) is 11.4 Å². The summed E-state index contributed by atoms with van der Waals surface area (Å²) in [5.41, 5.74) is 1.92. The van der Waals surface area contributed by atoms with Gasteiger partial charge in [-0.25, -0.2) is 0 Å². The SMILES string of the molecule is CN(Cc1nc(-c2cccs2)no1)C(=O)c1ccc(CN2CCCCCC2)cc1. The highest BCUT2D eigenvalue weighted by atomic mass is 32.1. The molecule has 4 rings (SSSR count). The highest BCUT2D eigenvalue weighted by molar-refractivity contribution is 7.13. The van der Waals surface area contributed by atoms with Crippen LogP contribution in [0.1, 0.15) is 47.5 Å². The minimum atomic E-state index is -0.0535. The molecular weight excluding hydrogens is 384 g/mol. The quantitative estimate of drug-likeness (QED) is 0.601. The van der Waals surface area contributed by atoms with E-state index in [2.05, 4.69) is 27.2 Å². The number of thiophene rings is 1. The third-order valence-electron chi connectivity index (χ3n) is 5.23. The Balaban J connectivity index is 1.34. The molecule has 6 nitrogen and oxygen atoms in total. The van der Waals surface area contributed by atoms with E-state index >= 15 is 0 Å². The first-order chi connectivity index (χ1) is 14.2. The topological polar surface area (TPSA) is 62.5 Å². The second-order valence-electron chi connectivity index (χ2n) is 7.54. The van der Waals surface area contributed by atoms with Crippen LogP contribution in [-0.4, -0.2) is 46.0 Å². The molecule has 0 unspecified atom stereocenters. The first-order valence-electron chi connectivity index (χ1n) is 10.1. The Morgan fingerprint density at radius 3 is 2.59 bits per heavy atom. The van der Waals surface area contributed by atoms with Crippen molar-refractivity contribution in [1.82, 2.24) is 19.9 Å². The Labute approximate surface area is 175 Å². The molecule has 0 saturated carbocycles. The van der Waals surface area contributed by atoms with Crippen LogP contribution in [-0.2, 0) is 13.1 Å². The molecule has 0 aliphatic carbocycles. The van der Waals surface area contributed by atoms with Crippen molar-refractivity contribution in [2.75, 3.05) is 20.1 Å². The lowest BCUT2D eigenvalue weighted by atomic mass is 10.1. The maximum atomic E-state index is 12.8. The predicted molar refractivity (Wildman–Crippen MR) is 114 cm³/mol. The van der Waals surface area contributed by atoms with Crippen molar-refractivity contribution >= 4 is 17.2 Å². The van der Waals surface area contributed by atoms with Gasteiger partial charge in [0.15, 0.2) is 0 Å². The second-order valence-corrected chi connectivity index (χ2v) is 8.49. The van der Waals surface area contributed by atoms with E-state index in [9.17, 15) is 4.79 Å². The first-order valence-corrected chi connectivity index (χ1v) is 11.0. The van der Waals surface area contributed by atoms with Gasteiger partial charge in [0.1, 0.15) is 0 Å². The van der Waals surface area contributed by atoms with E-state index in [0.29, 0.717) is 17.3 Å². The van der Waals surface area contributed by atoms with Gasteiger partial charge in [-0.2, -0.15) is 4.98 Å². The normalized spacial score (nSPS) is 15.2. The molecule has 3 aromatic rings. The number of hydrogen-bond donors (Lipinski definition) is 0. The minimum Gasteiger partial charge on any atom is -0.337 e. The smallest absolute Gasteiger partial charge is 0.254 e. The number of rotatable bonds is 6. The van der Waals surface area contributed by atoms with Gasteiger partial charge in [0.2, 0.25) is 11.7 Å². The molecule has 0 bridgehead atoms. The monoisotopic (exact) mass is 410 g/mol. The van der Waals surface area contributed by atoms with Crippen molar-refractivity contribution in [2.45, 2.75) is 38.8 Å². The fraction of sp³-hybridized carbons (Fsp3) is 0.409. The molecule has 1 amide bonds. The molecule has 2 aromatic heterocycles. The van der Waals surface area contributed by atoms with Crippen LogP contribution < -0.4 is 0 Å². The number of benzene rings is 1. The van der Waals surface area contributed by atoms with Crippen molar-refractivity contribution in [3.63, 3.8) is 0 Å². The number of carbonyl (C=O) groups is 1. The second kappa shape index (κ2) is 9.33. The van der Waals surface area contributed by atoms with E-state index < -0.39 is 0 Å². The molecule has 1 aliphatic heterocycles. The zero-order valence-corrected chi connectivity index (χ0v) is 17.5. The molecule has 1 aromatic carbocycles. The van der Waals surface area contributed by atoms with E-state index in [-0.39, 0.29) is 12.5 Å². The highest BCUT2D eigenvalue weighted by Crippen LogP contribution is 2.22. The molecule has 3 heterocycles. The van der Waals surface area contributed by atoms with Gasteiger partial charge >= 0.3 is 0 Å². The Bertz CT molecular complexity index is 913. The predicted octanol–water partition coefficient (Wildman–Crippen LogP) is 4.45. The third-order valence-corrected chi connectivity index (χ3v) is 6.10. The molecule has 1 saturated heterocycles. The third kappa shape index (κ3) is 5.10. The summed E-state index contributed by atoms with van der Waals surface area (Å²) in [5.74, 6) is 0.943. The number of amides is 1. The summed E-state index contributed by atoms with van der Waals surface area (Å²) in [5, 5.41) is 5.97. The van der Waals surface area contributed by atoms with Crippen molar-refractivity contribution in [3.05, 3.63) is 58.8 Å². The molecule has 7 heteroatoms. The van der Waals surface area contributed by atoms with Crippen molar-refractivity contribution in [3.8, 4) is 10.7 Å². The van der Waals surface area contributed by atoms with E-state index in [4.69, 9.17) is 4.52 Å². The Morgan fingerprint density at radius 2 is 1.90 bits per heavy atom. The summed E-state index contributed by atoms with van der Waals surface area (Å²) in [6.07, 6.45) is 5.24. The van der Waals surface area contributed by atoms with Gasteiger partial charge in [-0.15, -0.1) is 11.3 Å². The molecule has 0 spiro atoms. The van der Waals surface area contributed by atoms with Gasteiger partial charge in [0.25, 0.3) is 5.91 Å². The van der Waals surface area contributed by atoms with Gasteiger partial charge in [0.05, 0.1) is 11.4 Å². The zero-order valence-electron chi connectivity index (χ0n) is 16.7. The van der Waals surface area contributed by atoms with Crippen LogP contribution in [0.3, 0.4) is 0 Å². The Hall–Kier alpha value is -2.51. The number of likely N-dealkylation sites (tertiary alicyclic amines) is 1. The fourth-order valence-electron chi connectivity index (χ4n) is 3.63. The fourth-order valence-corrected chi connectivity index (χ4v) is 4.27. The minimum absolute atomic E-state index is 0.0535. The summed E-state index contributed by atoms with van der Waals surface area (Å²) in [6, 6.07) is 11.8. The molecule has 152 valence electrons. The largest absolute Gasteiger partial charge is 0.337 e. The lowest BCUT2D eigenvalue weighted by Gasteiger charge is -2.20. The van der Waals surface area contributed by atoms with Crippen LogP contribution in [0.4, 0.5) is 0 Å². The summed E-state index contributed by atoms with van der Waals surface area (Å²) in [4.78, 5) is 22.2. The molecule has 29 heavy (non-hydrogen) atoms. The molecular formula is C22H26N4O2S. The maximum Gasteiger partial charge on any atom is 0.254 e. The zero-order chi connectivity index (χ0) is 20.1. The first kappa shape index (κ1) is 19.8. The molecule has 0 N–H and O–H groups in total. The van der Waals surface area contributed by atoms with E-state index in [1.807, 2.05) is 29.6 Å². The van der Waals surface area contributed by atoms with Crippen molar-refractivity contribution in [2.24, 2.45) is 0 Å². The Kier molecular flexibility index (Phi) is 6.36. The van der Waals surface area contributed by atoms with Gasteiger partial charge in [-0.1, -0.05) is 36.2 Å². The average Bonchev–Trinajstić information content (AvgIpc) is 3.36. The van der Waals surface area contributed by atoms with Crippen LogP contribution >= 0.6 is 11.3 Å². The number of hydrogen-bond acceptors (Lipinski definition) is 6. The number of carbonyl (C=O) groups excluding carboxylic acids is 1. The van der Waals surface area contributed by atoms with Gasteiger partial charge in [-0.05, 0) is 55.1 Å². The summed E-state index contributed by atoms with van der Waals surface area (Å²) in [6.45, 7) is 3.58. The van der Waals surface area contributed by atoms with Gasteiger partial charge in [0, 0.05) is 19.2 Å². The van der Waals surface area contributed by atoms with Crippen LogP contribution in [0.25, 0.3) is 10.7 Å².